The number of rotatable bonds is 4. The summed E-state index contributed by atoms with van der Waals surface area (Å²) in [5, 5.41) is 9.91. The monoisotopic (exact) mass is 258 g/mol. The van der Waals surface area contributed by atoms with Crippen LogP contribution in [-0.2, 0) is 6.42 Å². The van der Waals surface area contributed by atoms with Crippen molar-refractivity contribution in [2.75, 3.05) is 6.54 Å². The number of aliphatic hydroxyl groups is 1. The normalized spacial score (nSPS) is 15.1. The van der Waals surface area contributed by atoms with Crippen LogP contribution >= 0.6 is 15.9 Å². The molecule has 14 heavy (non-hydrogen) atoms. The molecule has 1 aromatic rings. The van der Waals surface area contributed by atoms with Crippen molar-refractivity contribution in [2.45, 2.75) is 25.4 Å². The number of nitrogens with two attached hydrogens (primary N) is 1. The molecule has 0 amide bonds. The largest absolute Gasteiger partial charge is 0.390 e. The molecule has 0 aromatic carbocycles. The molecule has 0 radical (unpaired) electrons. The number of halogens is 1. The van der Waals surface area contributed by atoms with Crippen molar-refractivity contribution >= 4 is 15.9 Å². The fourth-order valence-electron chi connectivity index (χ4n) is 1.30. The van der Waals surface area contributed by atoms with Gasteiger partial charge in [-0.3, -0.25) is 4.98 Å². The first-order valence-corrected chi connectivity index (χ1v) is 5.36. The van der Waals surface area contributed by atoms with Crippen LogP contribution in [0.4, 0.5) is 0 Å². The maximum atomic E-state index is 9.91. The molecule has 0 aliphatic carbocycles. The van der Waals surface area contributed by atoms with E-state index in [1.54, 1.807) is 13.1 Å². The Hall–Kier alpha value is -0.450. The number of hydrogen-bond donors (Lipinski definition) is 2. The van der Waals surface area contributed by atoms with Crippen LogP contribution in [0.3, 0.4) is 0 Å². The van der Waals surface area contributed by atoms with E-state index in [2.05, 4.69) is 20.9 Å². The smallest absolute Gasteiger partial charge is 0.0687 e. The molecule has 1 atom stereocenters. The minimum atomic E-state index is -0.754. The Morgan fingerprint density at radius 1 is 1.57 bits per heavy atom. The molecule has 1 unspecified atom stereocenters. The van der Waals surface area contributed by atoms with Gasteiger partial charge in [0.25, 0.3) is 0 Å². The second-order valence-corrected chi connectivity index (χ2v) is 4.60. The summed E-state index contributed by atoms with van der Waals surface area (Å²) in [5.74, 6) is 0. The average molecular weight is 259 g/mol. The van der Waals surface area contributed by atoms with Crippen molar-refractivity contribution in [3.8, 4) is 0 Å². The van der Waals surface area contributed by atoms with E-state index in [1.807, 2.05) is 12.1 Å². The van der Waals surface area contributed by atoms with E-state index >= 15 is 0 Å². The molecule has 0 fully saturated rings. The molecule has 1 rings (SSSR count). The van der Waals surface area contributed by atoms with E-state index in [1.165, 1.54) is 0 Å². The second kappa shape index (κ2) is 4.87. The van der Waals surface area contributed by atoms with Crippen LogP contribution in [0.1, 0.15) is 19.0 Å². The van der Waals surface area contributed by atoms with Crippen LogP contribution in [0.15, 0.2) is 22.8 Å². The number of hydrogen-bond acceptors (Lipinski definition) is 3. The highest BCUT2D eigenvalue weighted by molar-refractivity contribution is 9.10. The average Bonchev–Trinajstić information content (AvgIpc) is 2.08. The van der Waals surface area contributed by atoms with E-state index in [4.69, 9.17) is 5.73 Å². The van der Waals surface area contributed by atoms with Crippen LogP contribution in [0.2, 0.25) is 0 Å². The van der Waals surface area contributed by atoms with Crippen LogP contribution in [-0.4, -0.2) is 22.2 Å². The molecule has 1 aromatic heterocycles. The van der Waals surface area contributed by atoms with Crippen LogP contribution in [0, 0.1) is 0 Å². The maximum Gasteiger partial charge on any atom is 0.0687 e. The van der Waals surface area contributed by atoms with Gasteiger partial charge in [0.1, 0.15) is 0 Å². The standard InChI is InChI=1S/C10H15BrN2O/c1-10(14,4-5-12)6-9-3-2-8(11)7-13-9/h2-3,7,14H,4-6,12H2,1H3. The minimum Gasteiger partial charge on any atom is -0.390 e. The molecule has 3 nitrogen and oxygen atoms in total. The van der Waals surface area contributed by atoms with E-state index < -0.39 is 5.60 Å². The van der Waals surface area contributed by atoms with Gasteiger partial charge >= 0.3 is 0 Å². The molecule has 78 valence electrons. The summed E-state index contributed by atoms with van der Waals surface area (Å²) in [6, 6.07) is 3.82. The highest BCUT2D eigenvalue weighted by atomic mass is 79.9. The zero-order valence-electron chi connectivity index (χ0n) is 8.20. The Bertz CT molecular complexity index is 285. The minimum absolute atomic E-state index is 0.490. The van der Waals surface area contributed by atoms with E-state index in [0.717, 1.165) is 10.2 Å². The molecule has 0 bridgehead atoms. The number of aromatic nitrogens is 1. The van der Waals surface area contributed by atoms with Crippen molar-refractivity contribution in [1.82, 2.24) is 4.98 Å². The fourth-order valence-corrected chi connectivity index (χ4v) is 1.54. The first-order chi connectivity index (χ1) is 6.53. The lowest BCUT2D eigenvalue weighted by Crippen LogP contribution is -2.30. The maximum absolute atomic E-state index is 9.91. The van der Waals surface area contributed by atoms with Gasteiger partial charge < -0.3 is 10.8 Å². The molecular weight excluding hydrogens is 244 g/mol. The molecule has 3 N–H and O–H groups in total. The van der Waals surface area contributed by atoms with Gasteiger partial charge in [-0.05, 0) is 48.0 Å². The van der Waals surface area contributed by atoms with Gasteiger partial charge in [0.2, 0.25) is 0 Å². The molecule has 0 aliphatic rings. The van der Waals surface area contributed by atoms with E-state index in [9.17, 15) is 5.11 Å². The topological polar surface area (TPSA) is 59.1 Å². The van der Waals surface area contributed by atoms with Gasteiger partial charge in [0.05, 0.1) is 5.60 Å². The third-order valence-electron chi connectivity index (χ3n) is 2.03. The van der Waals surface area contributed by atoms with Gasteiger partial charge in [-0.2, -0.15) is 0 Å². The summed E-state index contributed by atoms with van der Waals surface area (Å²) in [5.41, 5.74) is 5.53. The Labute approximate surface area is 92.5 Å². The zero-order valence-corrected chi connectivity index (χ0v) is 9.79. The molecular formula is C10H15BrN2O. The Kier molecular flexibility index (Phi) is 4.04. The van der Waals surface area contributed by atoms with E-state index in [-0.39, 0.29) is 0 Å². The lowest BCUT2D eigenvalue weighted by atomic mass is 9.96. The van der Waals surface area contributed by atoms with Crippen molar-refractivity contribution in [3.63, 3.8) is 0 Å². The number of pyridine rings is 1. The molecule has 1 heterocycles. The Morgan fingerprint density at radius 3 is 2.79 bits per heavy atom. The Morgan fingerprint density at radius 2 is 2.29 bits per heavy atom. The van der Waals surface area contributed by atoms with Gasteiger partial charge in [0, 0.05) is 22.8 Å². The third kappa shape index (κ3) is 3.74. The molecule has 0 spiro atoms. The lowest BCUT2D eigenvalue weighted by Gasteiger charge is -2.21. The van der Waals surface area contributed by atoms with Gasteiger partial charge in [-0.25, -0.2) is 0 Å². The Balaban J connectivity index is 2.64. The van der Waals surface area contributed by atoms with Gasteiger partial charge in [-0.1, -0.05) is 0 Å². The first kappa shape index (κ1) is 11.6. The zero-order chi connectivity index (χ0) is 10.6. The third-order valence-corrected chi connectivity index (χ3v) is 2.50. The SMILES string of the molecule is CC(O)(CCN)Cc1ccc(Br)cn1. The van der Waals surface area contributed by atoms with Gasteiger partial charge in [-0.15, -0.1) is 0 Å². The first-order valence-electron chi connectivity index (χ1n) is 4.56. The van der Waals surface area contributed by atoms with Crippen molar-refractivity contribution in [3.05, 3.63) is 28.5 Å². The predicted molar refractivity (Wildman–Crippen MR) is 59.9 cm³/mol. The highest BCUT2D eigenvalue weighted by Crippen LogP contribution is 2.16. The summed E-state index contributed by atoms with van der Waals surface area (Å²) < 4.78 is 0.944. The molecule has 0 saturated carbocycles. The summed E-state index contributed by atoms with van der Waals surface area (Å²) >= 11 is 3.31. The van der Waals surface area contributed by atoms with Crippen molar-refractivity contribution in [2.24, 2.45) is 5.73 Å². The van der Waals surface area contributed by atoms with Gasteiger partial charge in [0.15, 0.2) is 0 Å². The molecule has 0 saturated heterocycles. The summed E-state index contributed by atoms with van der Waals surface area (Å²) in [6.07, 6.45) is 2.86. The van der Waals surface area contributed by atoms with Crippen molar-refractivity contribution < 1.29 is 5.11 Å². The van der Waals surface area contributed by atoms with E-state index in [0.29, 0.717) is 19.4 Å². The van der Waals surface area contributed by atoms with Crippen molar-refractivity contribution in [1.29, 1.82) is 0 Å². The summed E-state index contributed by atoms with van der Waals surface area (Å²) in [7, 11) is 0. The lowest BCUT2D eigenvalue weighted by molar-refractivity contribution is 0.0529. The van der Waals surface area contributed by atoms with Crippen LogP contribution in [0.25, 0.3) is 0 Å². The molecule has 0 aliphatic heterocycles. The second-order valence-electron chi connectivity index (χ2n) is 3.68. The highest BCUT2D eigenvalue weighted by Gasteiger charge is 2.20. The predicted octanol–water partition coefficient (Wildman–Crippen LogP) is 1.49. The number of nitrogens with zero attached hydrogens (tertiary/aromatic N) is 1. The fraction of sp³-hybridized carbons (Fsp3) is 0.500. The van der Waals surface area contributed by atoms with Crippen LogP contribution in [0.5, 0.6) is 0 Å². The molecule has 4 heteroatoms. The van der Waals surface area contributed by atoms with Crippen LogP contribution < -0.4 is 5.73 Å². The quantitative estimate of drug-likeness (QED) is 0.861. The summed E-state index contributed by atoms with van der Waals surface area (Å²) in [4.78, 5) is 4.20. The summed E-state index contributed by atoms with van der Waals surface area (Å²) in [6.45, 7) is 2.27.